The topological polar surface area (TPSA) is 150 Å². The van der Waals surface area contributed by atoms with Crippen molar-refractivity contribution in [3.8, 4) is 0 Å². The van der Waals surface area contributed by atoms with E-state index in [9.17, 15) is 26.0 Å². The first kappa shape index (κ1) is 32.7. The molecule has 0 radical (unpaired) electrons. The van der Waals surface area contributed by atoms with Crippen molar-refractivity contribution in [2.45, 2.75) is 35.7 Å². The zero-order valence-corrected chi connectivity index (χ0v) is 28.0. The number of nitrogens with zero attached hydrogens (tertiary/aromatic N) is 3. The molecule has 0 atom stereocenters. The Balaban J connectivity index is 0.000000177. The fraction of sp³-hybridized carbons (Fsp3) is 0.194. The van der Waals surface area contributed by atoms with Crippen molar-refractivity contribution < 1.29 is 26.0 Å². The Morgan fingerprint density at radius 1 is 0.787 bits per heavy atom. The number of benzene rings is 3. The maximum Gasteiger partial charge on any atom is 0.263 e. The summed E-state index contributed by atoms with van der Waals surface area (Å²) < 4.78 is 68.5. The first-order valence-electron chi connectivity index (χ1n) is 14.4. The molecule has 7 rings (SSSR count). The van der Waals surface area contributed by atoms with E-state index in [1.807, 2.05) is 6.07 Å². The van der Waals surface area contributed by atoms with E-state index < -0.39 is 31.8 Å². The number of aromatic nitrogens is 2. The standard InChI is InChI=1S/C19H16FN3O3S2.C12H13N3O2S2/c20-17-4-2-1-3-16(17)18(24)23-9-7-13-5-6-15(11-14(13)12-23)28(25,26)22-19-21-8-10-27-19;16-19(17,15-12-14-5-6-18-12)11-2-1-9-3-4-13-8-10(9)7-11/h1-6,8,10-11H,7,9,12H2,(H,21,22);1-2,5-7,13H,3-4,8H2,(H,14,15). The minimum absolute atomic E-state index is 0.0140. The fourth-order valence-corrected chi connectivity index (χ4v) is 8.88. The molecule has 5 aromatic rings. The van der Waals surface area contributed by atoms with Crippen LogP contribution in [-0.2, 0) is 46.0 Å². The van der Waals surface area contributed by atoms with Crippen LogP contribution in [0.3, 0.4) is 0 Å². The van der Waals surface area contributed by atoms with Gasteiger partial charge in [-0.2, -0.15) is 0 Å². The number of hydrogen-bond donors (Lipinski definition) is 3. The second kappa shape index (κ2) is 13.9. The minimum atomic E-state index is -3.78. The Morgan fingerprint density at radius 3 is 1.98 bits per heavy atom. The molecular weight excluding hydrogens is 684 g/mol. The van der Waals surface area contributed by atoms with E-state index in [-0.39, 0.29) is 27.0 Å². The molecule has 0 saturated carbocycles. The molecule has 0 saturated heterocycles. The van der Waals surface area contributed by atoms with Gasteiger partial charge < -0.3 is 10.2 Å². The van der Waals surface area contributed by atoms with Crippen molar-refractivity contribution in [3.05, 3.63) is 117 Å². The van der Waals surface area contributed by atoms with E-state index in [2.05, 4.69) is 24.7 Å². The van der Waals surface area contributed by atoms with Gasteiger partial charge in [-0.15, -0.1) is 22.7 Å². The van der Waals surface area contributed by atoms with Gasteiger partial charge in [-0.05, 0) is 78.0 Å². The van der Waals surface area contributed by atoms with Gasteiger partial charge in [0.15, 0.2) is 10.3 Å². The van der Waals surface area contributed by atoms with Crippen LogP contribution in [0.4, 0.5) is 14.7 Å². The highest BCUT2D eigenvalue weighted by molar-refractivity contribution is 7.93. The van der Waals surface area contributed by atoms with E-state index >= 15 is 0 Å². The summed E-state index contributed by atoms with van der Waals surface area (Å²) in [5.41, 5.74) is 3.99. The third-order valence-electron chi connectivity index (χ3n) is 7.57. The molecule has 0 unspecified atom stereocenters. The molecule has 11 nitrogen and oxygen atoms in total. The van der Waals surface area contributed by atoms with E-state index in [4.69, 9.17) is 0 Å². The van der Waals surface area contributed by atoms with E-state index in [0.29, 0.717) is 18.1 Å². The molecule has 16 heteroatoms. The molecule has 3 aromatic carbocycles. The Hall–Kier alpha value is -4.22. The zero-order chi connectivity index (χ0) is 33.0. The van der Waals surface area contributed by atoms with Crippen LogP contribution < -0.4 is 14.8 Å². The molecule has 0 fully saturated rings. The predicted octanol–water partition coefficient (Wildman–Crippen LogP) is 4.87. The van der Waals surface area contributed by atoms with Crippen LogP contribution in [0.1, 0.15) is 32.6 Å². The summed E-state index contributed by atoms with van der Waals surface area (Å²) >= 11 is 2.45. The number of carbonyl (C=O) groups excluding carboxylic acids is 1. The predicted molar refractivity (Wildman–Crippen MR) is 179 cm³/mol. The van der Waals surface area contributed by atoms with Gasteiger partial charge in [-0.25, -0.2) is 31.2 Å². The molecule has 0 bridgehead atoms. The Bertz CT molecular complexity index is 2110. The Labute approximate surface area is 279 Å². The van der Waals surface area contributed by atoms with Crippen LogP contribution in [0.25, 0.3) is 0 Å². The third-order valence-corrected chi connectivity index (χ3v) is 11.9. The maximum atomic E-state index is 14.0. The summed E-state index contributed by atoms with van der Waals surface area (Å²) in [5.74, 6) is -0.972. The smallest absolute Gasteiger partial charge is 0.263 e. The molecule has 4 heterocycles. The first-order chi connectivity index (χ1) is 22.6. The normalized spacial score (nSPS) is 14.3. The number of fused-ring (bicyclic) bond motifs is 2. The van der Waals surface area contributed by atoms with Crippen molar-refractivity contribution in [1.29, 1.82) is 0 Å². The van der Waals surface area contributed by atoms with Gasteiger partial charge in [0.1, 0.15) is 5.82 Å². The summed E-state index contributed by atoms with van der Waals surface area (Å²) in [5, 5.41) is 7.32. The number of rotatable bonds is 7. The van der Waals surface area contributed by atoms with Gasteiger partial charge >= 0.3 is 0 Å². The SMILES string of the molecule is O=C(c1ccccc1F)N1CCc2ccc(S(=O)(=O)Nc3nccs3)cc2C1.O=S(=O)(Nc1nccs1)c1ccc2c(c1)CNCC2. The summed E-state index contributed by atoms with van der Waals surface area (Å²) in [6, 6.07) is 16.0. The lowest BCUT2D eigenvalue weighted by molar-refractivity contribution is 0.0730. The number of thiazole rings is 2. The molecule has 2 aromatic heterocycles. The van der Waals surface area contributed by atoms with Gasteiger partial charge in [0, 0.05) is 42.8 Å². The van der Waals surface area contributed by atoms with Crippen LogP contribution in [-0.4, -0.2) is 50.7 Å². The van der Waals surface area contributed by atoms with Crippen molar-refractivity contribution in [3.63, 3.8) is 0 Å². The van der Waals surface area contributed by atoms with E-state index in [0.717, 1.165) is 36.2 Å². The van der Waals surface area contributed by atoms with E-state index in [1.54, 1.807) is 53.4 Å². The summed E-state index contributed by atoms with van der Waals surface area (Å²) in [4.78, 5) is 22.4. The molecule has 2 aliphatic rings. The second-order valence-electron chi connectivity index (χ2n) is 10.6. The molecule has 47 heavy (non-hydrogen) atoms. The molecule has 2 aliphatic heterocycles. The molecule has 0 spiro atoms. The second-order valence-corrected chi connectivity index (χ2v) is 15.8. The van der Waals surface area contributed by atoms with Crippen LogP contribution in [0.5, 0.6) is 0 Å². The van der Waals surface area contributed by atoms with Gasteiger partial charge in [0.2, 0.25) is 0 Å². The van der Waals surface area contributed by atoms with Gasteiger partial charge in [0.05, 0.1) is 15.4 Å². The van der Waals surface area contributed by atoms with Crippen LogP contribution in [0, 0.1) is 5.82 Å². The highest BCUT2D eigenvalue weighted by Crippen LogP contribution is 2.26. The number of amides is 1. The number of carbonyl (C=O) groups is 1. The average Bonchev–Trinajstić information content (AvgIpc) is 3.78. The lowest BCUT2D eigenvalue weighted by Crippen LogP contribution is -2.36. The minimum Gasteiger partial charge on any atom is -0.334 e. The number of sulfonamides is 2. The molecule has 1 amide bonds. The maximum absolute atomic E-state index is 14.0. The first-order valence-corrected chi connectivity index (χ1v) is 19.1. The van der Waals surface area contributed by atoms with Gasteiger partial charge in [-0.3, -0.25) is 14.2 Å². The number of nitrogens with one attached hydrogen (secondary N) is 3. The molecule has 0 aliphatic carbocycles. The third kappa shape index (κ3) is 7.68. The van der Waals surface area contributed by atoms with Crippen molar-refractivity contribution in [2.75, 3.05) is 22.5 Å². The van der Waals surface area contributed by atoms with Gasteiger partial charge in [-0.1, -0.05) is 24.3 Å². The Morgan fingerprint density at radius 2 is 1.38 bits per heavy atom. The summed E-state index contributed by atoms with van der Waals surface area (Å²) in [7, 11) is -7.33. The van der Waals surface area contributed by atoms with Gasteiger partial charge in [0.25, 0.3) is 26.0 Å². The highest BCUT2D eigenvalue weighted by Gasteiger charge is 2.26. The summed E-state index contributed by atoms with van der Waals surface area (Å²) in [6.07, 6.45) is 4.60. The fourth-order valence-electron chi connectivity index (χ4n) is 5.20. The highest BCUT2D eigenvalue weighted by atomic mass is 32.2. The summed E-state index contributed by atoms with van der Waals surface area (Å²) in [6.45, 7) is 2.33. The number of anilines is 2. The van der Waals surface area contributed by atoms with Crippen molar-refractivity contribution >= 4 is 58.9 Å². The molecule has 3 N–H and O–H groups in total. The number of hydrogen-bond acceptors (Lipinski definition) is 10. The Kier molecular flexibility index (Phi) is 9.65. The van der Waals surface area contributed by atoms with Crippen LogP contribution in [0.2, 0.25) is 0 Å². The average molecular weight is 713 g/mol. The van der Waals surface area contributed by atoms with Crippen LogP contribution >= 0.6 is 22.7 Å². The van der Waals surface area contributed by atoms with Crippen molar-refractivity contribution in [1.82, 2.24) is 20.2 Å². The lowest BCUT2D eigenvalue weighted by atomic mass is 9.99. The lowest BCUT2D eigenvalue weighted by Gasteiger charge is -2.29. The number of halogens is 1. The van der Waals surface area contributed by atoms with Crippen LogP contribution in [0.15, 0.2) is 93.6 Å². The van der Waals surface area contributed by atoms with Crippen molar-refractivity contribution in [2.24, 2.45) is 0 Å². The zero-order valence-electron chi connectivity index (χ0n) is 24.7. The monoisotopic (exact) mass is 712 g/mol. The largest absolute Gasteiger partial charge is 0.334 e. The van der Waals surface area contributed by atoms with E-state index in [1.165, 1.54) is 57.5 Å². The molecular formula is C31H29FN6O5S4. The molecule has 244 valence electrons. The quantitative estimate of drug-likeness (QED) is 0.216.